The maximum atomic E-state index is 12.0. The number of carbonyl (C=O) groups excluding carboxylic acids is 1. The van der Waals surface area contributed by atoms with Crippen LogP contribution in [0.25, 0.3) is 0 Å². The highest BCUT2D eigenvalue weighted by atomic mass is 16.5. The van der Waals surface area contributed by atoms with Crippen LogP contribution in [0.2, 0.25) is 0 Å². The summed E-state index contributed by atoms with van der Waals surface area (Å²) < 4.78 is 4.83. The van der Waals surface area contributed by atoms with Gasteiger partial charge in [0.15, 0.2) is 5.69 Å². The molecule has 1 saturated heterocycles. The van der Waals surface area contributed by atoms with E-state index in [2.05, 4.69) is 5.16 Å². The Hall–Kier alpha value is -1.85. The Balaban J connectivity index is 2.11. The van der Waals surface area contributed by atoms with Crippen LogP contribution < -0.4 is 0 Å². The summed E-state index contributed by atoms with van der Waals surface area (Å²) in [6.07, 6.45) is 0.463. The molecule has 2 heterocycles. The van der Waals surface area contributed by atoms with Crippen LogP contribution in [0.5, 0.6) is 0 Å². The highest BCUT2D eigenvalue weighted by Crippen LogP contribution is 2.30. The predicted octanol–water partition coefficient (Wildman–Crippen LogP) is 0.920. The average molecular weight is 238 g/mol. The average Bonchev–Trinajstić information content (AvgIpc) is 2.85. The second-order valence-electron chi connectivity index (χ2n) is 4.67. The molecular formula is C11H14N2O4. The number of rotatable bonds is 2. The fourth-order valence-corrected chi connectivity index (χ4v) is 1.94. The minimum Gasteiger partial charge on any atom is -0.481 e. The lowest BCUT2D eigenvalue weighted by atomic mass is 9.90. The molecule has 1 aromatic rings. The van der Waals surface area contributed by atoms with E-state index >= 15 is 0 Å². The van der Waals surface area contributed by atoms with Crippen molar-refractivity contribution >= 4 is 11.9 Å². The minimum atomic E-state index is -0.871. The summed E-state index contributed by atoms with van der Waals surface area (Å²) in [5, 5.41) is 12.7. The van der Waals surface area contributed by atoms with E-state index in [9.17, 15) is 9.59 Å². The number of hydrogen-bond donors (Lipinski definition) is 1. The Kier molecular flexibility index (Phi) is 2.65. The Morgan fingerprint density at radius 2 is 2.29 bits per heavy atom. The zero-order chi connectivity index (χ0) is 12.6. The molecule has 6 nitrogen and oxygen atoms in total. The number of carboxylic acids is 1. The Morgan fingerprint density at radius 1 is 1.59 bits per heavy atom. The van der Waals surface area contributed by atoms with Crippen LogP contribution in [0.1, 0.15) is 29.6 Å². The summed E-state index contributed by atoms with van der Waals surface area (Å²) in [5.41, 5.74) is -0.619. The lowest BCUT2D eigenvalue weighted by molar-refractivity contribution is -0.147. The molecule has 0 saturated carbocycles. The largest absolute Gasteiger partial charge is 0.481 e. The summed E-state index contributed by atoms with van der Waals surface area (Å²) in [6.45, 7) is 4.01. The molecule has 0 spiro atoms. The second kappa shape index (κ2) is 3.87. The molecule has 0 unspecified atom stereocenters. The second-order valence-corrected chi connectivity index (χ2v) is 4.67. The number of likely N-dealkylation sites (tertiary alicyclic amines) is 1. The van der Waals surface area contributed by atoms with Gasteiger partial charge in [-0.15, -0.1) is 0 Å². The first kappa shape index (κ1) is 11.6. The number of carbonyl (C=O) groups is 2. The molecule has 1 aliphatic rings. The van der Waals surface area contributed by atoms with Crippen molar-refractivity contribution in [3.8, 4) is 0 Å². The van der Waals surface area contributed by atoms with E-state index in [0.29, 0.717) is 18.7 Å². The summed E-state index contributed by atoms with van der Waals surface area (Å²) >= 11 is 0. The first-order valence-electron chi connectivity index (χ1n) is 5.38. The third-order valence-corrected chi connectivity index (χ3v) is 3.12. The van der Waals surface area contributed by atoms with Gasteiger partial charge in [-0.05, 0) is 20.3 Å². The van der Waals surface area contributed by atoms with E-state index in [1.54, 1.807) is 19.9 Å². The van der Waals surface area contributed by atoms with Gasteiger partial charge in [-0.25, -0.2) is 0 Å². The molecule has 1 fully saturated rings. The van der Waals surface area contributed by atoms with Crippen molar-refractivity contribution in [3.05, 3.63) is 17.5 Å². The monoisotopic (exact) mass is 238 g/mol. The van der Waals surface area contributed by atoms with Crippen LogP contribution in [-0.4, -0.2) is 40.1 Å². The number of nitrogens with zero attached hydrogens (tertiary/aromatic N) is 2. The number of aliphatic carboxylic acids is 1. The standard InChI is InChI=1S/C11H14N2O4/c1-7-5-8(12-17-7)9(14)13-4-3-11(2,6-13)10(15)16/h5H,3-4,6H2,1-2H3,(H,15,16)/t11-/m1/s1. The minimum absolute atomic E-state index is 0.215. The van der Waals surface area contributed by atoms with Crippen molar-refractivity contribution in [2.24, 2.45) is 5.41 Å². The summed E-state index contributed by atoms with van der Waals surface area (Å²) in [7, 11) is 0. The van der Waals surface area contributed by atoms with Gasteiger partial charge in [-0.1, -0.05) is 5.16 Å². The van der Waals surface area contributed by atoms with Crippen LogP contribution in [0.3, 0.4) is 0 Å². The fraction of sp³-hybridized carbons (Fsp3) is 0.545. The van der Waals surface area contributed by atoms with Crippen molar-refractivity contribution in [2.75, 3.05) is 13.1 Å². The van der Waals surface area contributed by atoms with Gasteiger partial charge >= 0.3 is 5.97 Å². The quantitative estimate of drug-likeness (QED) is 0.828. The molecule has 6 heteroatoms. The molecule has 0 bridgehead atoms. The van der Waals surface area contributed by atoms with Crippen molar-refractivity contribution in [1.29, 1.82) is 0 Å². The van der Waals surface area contributed by atoms with Crippen LogP contribution in [0, 0.1) is 12.3 Å². The van der Waals surface area contributed by atoms with Gasteiger partial charge in [0.2, 0.25) is 0 Å². The van der Waals surface area contributed by atoms with E-state index in [4.69, 9.17) is 9.63 Å². The first-order valence-corrected chi connectivity index (χ1v) is 5.38. The molecule has 92 valence electrons. The number of carboxylic acid groups (broad SMARTS) is 1. The zero-order valence-electron chi connectivity index (χ0n) is 9.77. The van der Waals surface area contributed by atoms with Crippen molar-refractivity contribution < 1.29 is 19.2 Å². The van der Waals surface area contributed by atoms with E-state index in [-0.39, 0.29) is 18.1 Å². The molecule has 1 aliphatic heterocycles. The van der Waals surface area contributed by atoms with Gasteiger partial charge in [0.25, 0.3) is 5.91 Å². The molecule has 0 aliphatic carbocycles. The van der Waals surface area contributed by atoms with Gasteiger partial charge in [0.05, 0.1) is 5.41 Å². The third-order valence-electron chi connectivity index (χ3n) is 3.12. The number of aryl methyl sites for hydroxylation is 1. The molecule has 17 heavy (non-hydrogen) atoms. The van der Waals surface area contributed by atoms with Crippen LogP contribution in [0.15, 0.2) is 10.6 Å². The lowest BCUT2D eigenvalue weighted by Gasteiger charge is -2.19. The Labute approximate surface area is 98.2 Å². The van der Waals surface area contributed by atoms with Crippen molar-refractivity contribution in [3.63, 3.8) is 0 Å². The first-order chi connectivity index (χ1) is 7.92. The highest BCUT2D eigenvalue weighted by molar-refractivity contribution is 5.93. The van der Waals surface area contributed by atoms with E-state index < -0.39 is 11.4 Å². The molecule has 1 amide bonds. The van der Waals surface area contributed by atoms with Crippen LogP contribution in [-0.2, 0) is 4.79 Å². The highest BCUT2D eigenvalue weighted by Gasteiger charge is 2.42. The van der Waals surface area contributed by atoms with E-state index in [1.165, 1.54) is 4.90 Å². The Morgan fingerprint density at radius 3 is 2.76 bits per heavy atom. The molecule has 0 radical (unpaired) electrons. The van der Waals surface area contributed by atoms with E-state index in [1.807, 2.05) is 0 Å². The number of hydrogen-bond acceptors (Lipinski definition) is 4. The predicted molar refractivity (Wildman–Crippen MR) is 57.5 cm³/mol. The van der Waals surface area contributed by atoms with Crippen LogP contribution in [0.4, 0.5) is 0 Å². The topological polar surface area (TPSA) is 83.6 Å². The summed E-state index contributed by atoms with van der Waals surface area (Å²) in [6, 6.07) is 1.55. The Bertz CT molecular complexity index is 468. The molecular weight excluding hydrogens is 224 g/mol. The number of amides is 1. The third kappa shape index (κ3) is 2.02. The molecule has 1 atom stereocenters. The normalized spacial score (nSPS) is 24.0. The molecule has 2 rings (SSSR count). The molecule has 1 N–H and O–H groups in total. The van der Waals surface area contributed by atoms with Gasteiger partial charge < -0.3 is 14.5 Å². The smallest absolute Gasteiger partial charge is 0.311 e. The number of aromatic nitrogens is 1. The molecule has 1 aromatic heterocycles. The fourth-order valence-electron chi connectivity index (χ4n) is 1.94. The zero-order valence-corrected chi connectivity index (χ0v) is 9.77. The van der Waals surface area contributed by atoms with Gasteiger partial charge in [0, 0.05) is 19.2 Å². The van der Waals surface area contributed by atoms with Crippen molar-refractivity contribution in [1.82, 2.24) is 10.1 Å². The van der Waals surface area contributed by atoms with Gasteiger partial charge in [0.1, 0.15) is 5.76 Å². The van der Waals surface area contributed by atoms with E-state index in [0.717, 1.165) is 0 Å². The maximum Gasteiger partial charge on any atom is 0.311 e. The summed E-state index contributed by atoms with van der Waals surface area (Å²) in [5.74, 6) is -0.579. The van der Waals surface area contributed by atoms with Gasteiger partial charge in [-0.3, -0.25) is 9.59 Å². The maximum absolute atomic E-state index is 12.0. The lowest BCUT2D eigenvalue weighted by Crippen LogP contribution is -2.35. The van der Waals surface area contributed by atoms with Crippen molar-refractivity contribution in [2.45, 2.75) is 20.3 Å². The SMILES string of the molecule is Cc1cc(C(=O)N2CC[C@@](C)(C(=O)O)C2)no1. The summed E-state index contributed by atoms with van der Waals surface area (Å²) in [4.78, 5) is 24.5. The van der Waals surface area contributed by atoms with Crippen LogP contribution >= 0.6 is 0 Å². The van der Waals surface area contributed by atoms with Gasteiger partial charge in [-0.2, -0.15) is 0 Å². The molecule has 0 aromatic carbocycles.